The van der Waals surface area contributed by atoms with Gasteiger partial charge >= 0.3 is 5.97 Å². The van der Waals surface area contributed by atoms with Crippen molar-refractivity contribution in [3.8, 4) is 34.7 Å². The van der Waals surface area contributed by atoms with Crippen molar-refractivity contribution in [3.63, 3.8) is 0 Å². The Bertz CT molecular complexity index is 2820. The second-order valence-corrected chi connectivity index (χ2v) is 17.7. The van der Waals surface area contributed by atoms with E-state index in [1.165, 1.54) is 11.1 Å². The fourth-order valence-corrected chi connectivity index (χ4v) is 8.55. The first kappa shape index (κ1) is 49.8. The highest BCUT2D eigenvalue weighted by Crippen LogP contribution is 2.35. The molecule has 348 valence electrons. The lowest BCUT2D eigenvalue weighted by Crippen LogP contribution is -2.48. The molecule has 4 aromatic carbocycles. The number of aryl methyl sites for hydroxylation is 6. The van der Waals surface area contributed by atoms with Crippen LogP contribution in [0.3, 0.4) is 0 Å². The third kappa shape index (κ3) is 10.7. The summed E-state index contributed by atoms with van der Waals surface area (Å²) in [7, 11) is 0. The molecular weight excluding hydrogens is 864 g/mol. The monoisotopic (exact) mass is 922 g/mol. The molecule has 0 saturated carbocycles. The Morgan fingerprint density at radius 3 is 1.42 bits per heavy atom. The highest BCUT2D eigenvalue weighted by molar-refractivity contribution is 5.98. The molecule has 0 bridgehead atoms. The zero-order valence-corrected chi connectivity index (χ0v) is 38.9. The number of carboxylic acids is 1. The number of carbonyl (C=O) groups is 2. The molecule has 6 aromatic rings. The summed E-state index contributed by atoms with van der Waals surface area (Å²) in [5.41, 5.74) is 14.5. The number of benzene rings is 4. The van der Waals surface area contributed by atoms with Gasteiger partial charge in [0.15, 0.2) is 0 Å². The normalized spacial score (nSPS) is 15.5. The zero-order chi connectivity index (χ0) is 45.9. The van der Waals surface area contributed by atoms with E-state index in [1.807, 2.05) is 100 Å². The van der Waals surface area contributed by atoms with Crippen LogP contribution in [-0.4, -0.2) is 94.4 Å². The van der Waals surface area contributed by atoms with Crippen LogP contribution in [0, 0.1) is 64.2 Å². The standard InChI is InChI=1S/C26H26N4O2.C16H18N2O3.C10H10N2.CH4.ClH/c1-15-8-16(2)23(9-22(15)24-17(3)28-25(29-24)21-13-32-14-21)26(31)30-11-20(12-30)19-6-4-18(10-27)5-7-19;1-8-4-9(2)13(16(19)20)5-12(8)14-10(3)17-15(18-14)11-6-21-7-11;11-5-8-1-3-9(4-2-8)10-6-12-7-10;;/h4-9,20-21H,11-14H2,1-3H3,(H,28,29);4-5,11H,6-7H2,1-3H3,(H,17,18)(H,19,20);1-4,10,12H,6-7H2;1H4;1H. The van der Waals surface area contributed by atoms with Crippen molar-refractivity contribution in [1.82, 2.24) is 30.2 Å². The summed E-state index contributed by atoms with van der Waals surface area (Å²) >= 11 is 0. The van der Waals surface area contributed by atoms with Crippen molar-refractivity contribution in [2.24, 2.45) is 0 Å². The molecular formula is C53H59ClN8O5. The van der Waals surface area contributed by atoms with E-state index in [-0.39, 0.29) is 25.7 Å². The minimum absolute atomic E-state index is 0. The molecule has 4 aliphatic heterocycles. The van der Waals surface area contributed by atoms with E-state index in [4.69, 9.17) is 25.0 Å². The molecule has 6 heterocycles. The van der Waals surface area contributed by atoms with E-state index in [0.29, 0.717) is 74.3 Å². The van der Waals surface area contributed by atoms with Crippen LogP contribution < -0.4 is 5.32 Å². The minimum Gasteiger partial charge on any atom is -0.478 e. The van der Waals surface area contributed by atoms with Gasteiger partial charge in [0.1, 0.15) is 11.6 Å². The zero-order valence-electron chi connectivity index (χ0n) is 38.1. The number of nitrogens with zero attached hydrogens (tertiary/aromatic N) is 5. The molecule has 4 aliphatic rings. The van der Waals surface area contributed by atoms with Crippen LogP contribution in [0.4, 0.5) is 0 Å². The van der Waals surface area contributed by atoms with E-state index in [2.05, 4.69) is 45.4 Å². The van der Waals surface area contributed by atoms with Gasteiger partial charge in [0.05, 0.1) is 78.5 Å². The van der Waals surface area contributed by atoms with Crippen molar-refractivity contribution in [1.29, 1.82) is 10.5 Å². The van der Waals surface area contributed by atoms with Gasteiger partial charge in [0, 0.05) is 66.1 Å². The number of hydrogen-bond donors (Lipinski definition) is 4. The Kier molecular flexibility index (Phi) is 15.9. The molecule has 0 radical (unpaired) electrons. The maximum atomic E-state index is 13.3. The van der Waals surface area contributed by atoms with E-state index in [1.54, 1.807) is 6.07 Å². The van der Waals surface area contributed by atoms with E-state index < -0.39 is 5.97 Å². The van der Waals surface area contributed by atoms with E-state index >= 15 is 0 Å². The number of rotatable bonds is 8. The third-order valence-corrected chi connectivity index (χ3v) is 12.9. The number of halogens is 1. The van der Waals surface area contributed by atoms with Gasteiger partial charge in [0.25, 0.3) is 5.91 Å². The number of carbonyl (C=O) groups excluding carboxylic acids is 1. The molecule has 4 saturated heterocycles. The average molecular weight is 924 g/mol. The van der Waals surface area contributed by atoms with Crippen LogP contribution in [0.1, 0.15) is 119 Å². The molecule has 0 aliphatic carbocycles. The van der Waals surface area contributed by atoms with Crippen LogP contribution in [-0.2, 0) is 9.47 Å². The van der Waals surface area contributed by atoms with E-state index in [0.717, 1.165) is 92.0 Å². The number of nitrogens with one attached hydrogen (secondary N) is 3. The number of amides is 1. The molecule has 4 N–H and O–H groups in total. The number of imidazole rings is 2. The molecule has 14 heteroatoms. The number of H-pyrrole nitrogens is 2. The summed E-state index contributed by atoms with van der Waals surface area (Å²) in [6.45, 7) is 18.2. The van der Waals surface area contributed by atoms with Crippen molar-refractivity contribution < 1.29 is 24.2 Å². The summed E-state index contributed by atoms with van der Waals surface area (Å²) in [6, 6.07) is 27.5. The molecule has 4 fully saturated rings. The number of hydrogen-bond acceptors (Lipinski definition) is 9. The molecule has 2 aromatic heterocycles. The fourth-order valence-electron chi connectivity index (χ4n) is 8.55. The number of aromatic carboxylic acids is 1. The van der Waals surface area contributed by atoms with Crippen LogP contribution in [0.15, 0.2) is 72.8 Å². The third-order valence-electron chi connectivity index (χ3n) is 12.9. The number of ether oxygens (including phenoxy) is 2. The summed E-state index contributed by atoms with van der Waals surface area (Å²) in [5, 5.41) is 30.1. The quantitative estimate of drug-likeness (QED) is 0.114. The average Bonchev–Trinajstić information content (AvgIpc) is 3.77. The Morgan fingerprint density at radius 2 is 1.04 bits per heavy atom. The van der Waals surface area contributed by atoms with Gasteiger partial charge in [-0.3, -0.25) is 4.79 Å². The van der Waals surface area contributed by atoms with Crippen LogP contribution in [0.25, 0.3) is 22.5 Å². The van der Waals surface area contributed by atoms with Crippen LogP contribution >= 0.6 is 12.4 Å². The van der Waals surface area contributed by atoms with Gasteiger partial charge in [-0.15, -0.1) is 12.4 Å². The lowest BCUT2D eigenvalue weighted by atomic mass is 9.89. The summed E-state index contributed by atoms with van der Waals surface area (Å²) in [6.07, 6.45) is 0. The SMILES string of the molecule is C.Cc1cc(C)c(-c2nc(C3COC3)[nH]c2C)cc1C(=O)N1CC(c2ccc(C#N)cc2)C1.Cc1cc(C)c(-c2nc(C3COC3)[nH]c2C)cc1C(=O)O.Cl.N#Cc1ccc(C2CNC2)cc1. The highest BCUT2D eigenvalue weighted by atomic mass is 35.5. The van der Waals surface area contributed by atoms with Gasteiger partial charge in [-0.2, -0.15) is 10.5 Å². The second-order valence-electron chi connectivity index (χ2n) is 17.7. The van der Waals surface area contributed by atoms with Gasteiger partial charge in [0.2, 0.25) is 0 Å². The Morgan fingerprint density at radius 1 is 0.627 bits per heavy atom. The van der Waals surface area contributed by atoms with Crippen molar-refractivity contribution in [2.45, 2.75) is 72.6 Å². The maximum Gasteiger partial charge on any atom is 0.335 e. The maximum absolute atomic E-state index is 13.3. The Hall–Kier alpha value is -6.61. The lowest BCUT2D eigenvalue weighted by Gasteiger charge is -2.40. The number of nitriles is 2. The molecule has 0 spiro atoms. The number of aromatic amines is 2. The fraction of sp³-hybridized carbons (Fsp3) is 0.358. The first-order valence-corrected chi connectivity index (χ1v) is 22.1. The number of carboxylic acid groups (broad SMARTS) is 1. The topological polar surface area (TPSA) is 193 Å². The number of aromatic nitrogens is 4. The van der Waals surface area contributed by atoms with Gasteiger partial charge < -0.3 is 34.8 Å². The minimum atomic E-state index is -0.908. The lowest BCUT2D eigenvalue weighted by molar-refractivity contribution is 0.00511. The summed E-state index contributed by atoms with van der Waals surface area (Å²) < 4.78 is 10.5. The Balaban J connectivity index is 0.000000182. The first-order chi connectivity index (χ1) is 31.3. The summed E-state index contributed by atoms with van der Waals surface area (Å²) in [4.78, 5) is 42.8. The number of likely N-dealkylation sites (tertiary alicyclic amines) is 1. The molecule has 1 amide bonds. The predicted molar refractivity (Wildman–Crippen MR) is 261 cm³/mol. The first-order valence-electron chi connectivity index (χ1n) is 22.1. The highest BCUT2D eigenvalue weighted by Gasteiger charge is 2.34. The van der Waals surface area contributed by atoms with Crippen molar-refractivity contribution in [3.05, 3.63) is 151 Å². The second kappa shape index (κ2) is 21.3. The predicted octanol–water partition coefficient (Wildman–Crippen LogP) is 9.34. The van der Waals surface area contributed by atoms with Gasteiger partial charge in [-0.1, -0.05) is 43.8 Å². The van der Waals surface area contributed by atoms with Gasteiger partial charge in [-0.05, 0) is 111 Å². The van der Waals surface area contributed by atoms with Crippen LogP contribution in [0.2, 0.25) is 0 Å². The molecule has 10 rings (SSSR count). The summed E-state index contributed by atoms with van der Waals surface area (Å²) in [5.74, 6) is 2.67. The van der Waals surface area contributed by atoms with Crippen LogP contribution in [0.5, 0.6) is 0 Å². The molecule has 13 nitrogen and oxygen atoms in total. The molecule has 0 unspecified atom stereocenters. The molecule has 67 heavy (non-hydrogen) atoms. The largest absolute Gasteiger partial charge is 0.478 e. The van der Waals surface area contributed by atoms with Crippen molar-refractivity contribution >= 4 is 24.3 Å². The van der Waals surface area contributed by atoms with Gasteiger partial charge in [-0.25, -0.2) is 14.8 Å². The molecule has 0 atom stereocenters. The van der Waals surface area contributed by atoms with E-state index in [9.17, 15) is 14.7 Å². The Labute approximate surface area is 399 Å². The van der Waals surface area contributed by atoms with Crippen molar-refractivity contribution in [2.75, 3.05) is 52.6 Å². The smallest absolute Gasteiger partial charge is 0.335 e.